The van der Waals surface area contributed by atoms with Gasteiger partial charge in [-0.25, -0.2) is 9.97 Å². The van der Waals surface area contributed by atoms with E-state index < -0.39 is 0 Å². The molecule has 0 radical (unpaired) electrons. The number of nitrogens with zero attached hydrogens (tertiary/aromatic N) is 2. The van der Waals surface area contributed by atoms with Crippen LogP contribution in [-0.4, -0.2) is 47.9 Å². The molecule has 2 aromatic carbocycles. The molecule has 2 aliphatic rings. The third kappa shape index (κ3) is 7.24. The van der Waals surface area contributed by atoms with E-state index >= 15 is 0 Å². The van der Waals surface area contributed by atoms with Crippen molar-refractivity contribution in [2.45, 2.75) is 38.1 Å². The van der Waals surface area contributed by atoms with Crippen molar-refractivity contribution in [2.24, 2.45) is 0 Å². The average molecular weight is 474 g/mol. The Kier molecular flexibility index (Phi) is 9.03. The lowest BCUT2D eigenvalue weighted by Gasteiger charge is -2.24. The molecular weight excluding hydrogens is 438 g/mol. The zero-order chi connectivity index (χ0) is 24.3. The number of rotatable bonds is 6. The third-order valence-electron chi connectivity index (χ3n) is 6.15. The highest BCUT2D eigenvalue weighted by atomic mass is 16.5. The average Bonchev–Trinajstić information content (AvgIpc) is 2.91. The lowest BCUT2D eigenvalue weighted by atomic mass is 9.95. The van der Waals surface area contributed by atoms with Gasteiger partial charge in [0.05, 0.1) is 11.3 Å². The van der Waals surface area contributed by atoms with Crippen LogP contribution < -0.4 is 26.4 Å². The van der Waals surface area contributed by atoms with E-state index in [2.05, 4.69) is 25.9 Å². The van der Waals surface area contributed by atoms with Crippen LogP contribution in [0.3, 0.4) is 0 Å². The Bertz CT molecular complexity index is 1050. The zero-order valence-electron chi connectivity index (χ0n) is 20.1. The Labute approximate surface area is 207 Å². The third-order valence-corrected chi connectivity index (χ3v) is 6.15. The predicted octanol–water partition coefficient (Wildman–Crippen LogP) is 4.19. The van der Waals surface area contributed by atoms with Gasteiger partial charge in [0.2, 0.25) is 0 Å². The summed E-state index contributed by atoms with van der Waals surface area (Å²) in [6.07, 6.45) is 7.39. The highest BCUT2D eigenvalue weighted by molar-refractivity contribution is 6.16. The van der Waals surface area contributed by atoms with Gasteiger partial charge in [-0.3, -0.25) is 5.41 Å². The molecule has 0 spiro atoms. The number of ether oxygens (including phenoxy) is 1. The molecule has 0 atom stereocenters. The maximum atomic E-state index is 8.72. The molecule has 6 N–H and O–H groups in total. The molecule has 5 rings (SSSR count). The van der Waals surface area contributed by atoms with E-state index in [1.165, 1.54) is 25.6 Å². The summed E-state index contributed by atoms with van der Waals surface area (Å²) in [7, 11) is 0. The van der Waals surface area contributed by atoms with Crippen molar-refractivity contribution in [3.05, 3.63) is 72.1 Å². The molecule has 2 heterocycles. The van der Waals surface area contributed by atoms with Crippen molar-refractivity contribution in [1.29, 1.82) is 5.41 Å². The molecule has 1 aromatic heterocycles. The van der Waals surface area contributed by atoms with Gasteiger partial charge in [-0.05, 0) is 49.2 Å². The Hall–Kier alpha value is -3.49. The second-order valence-electron chi connectivity index (χ2n) is 8.78. The number of piperazine rings is 1. The van der Waals surface area contributed by atoms with Gasteiger partial charge >= 0.3 is 0 Å². The number of hydrogen-bond acceptors (Lipinski definition) is 8. The Balaban J connectivity index is 0.000000421. The van der Waals surface area contributed by atoms with Gasteiger partial charge in [-0.2, -0.15) is 0 Å². The second-order valence-corrected chi connectivity index (χ2v) is 8.78. The Morgan fingerprint density at radius 3 is 2.11 bits per heavy atom. The molecule has 1 saturated heterocycles. The second kappa shape index (κ2) is 12.8. The van der Waals surface area contributed by atoms with E-state index in [1.807, 2.05) is 54.6 Å². The number of hydrogen-bond donors (Lipinski definition) is 5. The van der Waals surface area contributed by atoms with Crippen LogP contribution in [0.25, 0.3) is 0 Å². The number of nitrogens with two attached hydrogens (primary N) is 1. The fourth-order valence-corrected chi connectivity index (χ4v) is 4.26. The minimum atomic E-state index is 0.299. The van der Waals surface area contributed by atoms with Gasteiger partial charge in [0.25, 0.3) is 0 Å². The van der Waals surface area contributed by atoms with Gasteiger partial charge in [-0.15, -0.1) is 0 Å². The summed E-state index contributed by atoms with van der Waals surface area (Å²) >= 11 is 0. The molecule has 1 aliphatic heterocycles. The van der Waals surface area contributed by atoms with Gasteiger partial charge in [0.1, 0.15) is 29.5 Å². The van der Waals surface area contributed by atoms with Crippen LogP contribution in [0, 0.1) is 5.41 Å². The molecule has 0 unspecified atom stereocenters. The first-order chi connectivity index (χ1) is 17.2. The van der Waals surface area contributed by atoms with Crippen molar-refractivity contribution < 1.29 is 4.74 Å². The normalized spacial score (nSPS) is 16.0. The van der Waals surface area contributed by atoms with Crippen LogP contribution >= 0.6 is 0 Å². The molecule has 35 heavy (non-hydrogen) atoms. The molecule has 8 heteroatoms. The van der Waals surface area contributed by atoms with E-state index in [0.29, 0.717) is 34.7 Å². The van der Waals surface area contributed by atoms with Crippen molar-refractivity contribution in [3.63, 3.8) is 0 Å². The van der Waals surface area contributed by atoms with Gasteiger partial charge < -0.3 is 26.4 Å². The summed E-state index contributed by atoms with van der Waals surface area (Å²) in [6.45, 7) is 4.56. The number of para-hydroxylation sites is 1. The molecule has 2 fully saturated rings. The predicted molar refractivity (Wildman–Crippen MR) is 142 cm³/mol. The number of nitrogens with one attached hydrogen (secondary N) is 4. The summed E-state index contributed by atoms with van der Waals surface area (Å²) < 4.78 is 5.83. The summed E-state index contributed by atoms with van der Waals surface area (Å²) in [5.41, 5.74) is 7.72. The molecule has 1 saturated carbocycles. The van der Waals surface area contributed by atoms with Gasteiger partial charge in [0, 0.05) is 37.8 Å². The van der Waals surface area contributed by atoms with Crippen LogP contribution in [-0.2, 0) is 0 Å². The van der Waals surface area contributed by atoms with E-state index in [1.54, 1.807) is 0 Å². The van der Waals surface area contributed by atoms with Crippen LogP contribution in [0.5, 0.6) is 11.5 Å². The summed E-state index contributed by atoms with van der Waals surface area (Å²) in [4.78, 5) is 8.50. The van der Waals surface area contributed by atoms with E-state index in [-0.39, 0.29) is 0 Å². The SMILES string of the molecule is C1CNCCN1.N=C(c1ccc(Oc2ccccc2)cc1)c1c(N)ncnc1NC1CCCCC1. The summed E-state index contributed by atoms with van der Waals surface area (Å²) in [5.74, 6) is 2.44. The number of anilines is 2. The smallest absolute Gasteiger partial charge is 0.141 e. The quantitative estimate of drug-likeness (QED) is 0.340. The summed E-state index contributed by atoms with van der Waals surface area (Å²) in [6, 6.07) is 17.4. The summed E-state index contributed by atoms with van der Waals surface area (Å²) in [5, 5.41) is 18.7. The first-order valence-electron chi connectivity index (χ1n) is 12.4. The lowest BCUT2D eigenvalue weighted by molar-refractivity contribution is 0.462. The van der Waals surface area contributed by atoms with Crippen molar-refractivity contribution in [2.75, 3.05) is 37.2 Å². The highest BCUT2D eigenvalue weighted by Crippen LogP contribution is 2.27. The standard InChI is InChI=1S/C23H25N5O.C4H10N2/c24-21(16-11-13-19(14-12-16)29-18-9-5-2-6-10-18)20-22(25)26-15-27-23(20)28-17-7-3-1-4-8-17;1-2-6-4-3-5-1/h2,5-6,9-15,17,24H,1,3-4,7-8H2,(H3,25,26,27,28);5-6H,1-4H2. The number of aromatic nitrogens is 2. The fourth-order valence-electron chi connectivity index (χ4n) is 4.26. The first-order valence-corrected chi connectivity index (χ1v) is 12.4. The van der Waals surface area contributed by atoms with Crippen LogP contribution in [0.1, 0.15) is 43.2 Å². The van der Waals surface area contributed by atoms with Gasteiger partial charge in [0.15, 0.2) is 0 Å². The monoisotopic (exact) mass is 473 g/mol. The fraction of sp³-hybridized carbons (Fsp3) is 0.370. The Morgan fingerprint density at radius 1 is 0.857 bits per heavy atom. The van der Waals surface area contributed by atoms with Crippen molar-refractivity contribution >= 4 is 17.3 Å². The topological polar surface area (TPSA) is 121 Å². The largest absolute Gasteiger partial charge is 0.457 e. The van der Waals surface area contributed by atoms with Crippen LogP contribution in [0.2, 0.25) is 0 Å². The molecule has 3 aromatic rings. The number of nitrogen functional groups attached to an aromatic ring is 1. The minimum Gasteiger partial charge on any atom is -0.457 e. The first kappa shape index (κ1) is 24.6. The van der Waals surface area contributed by atoms with Crippen LogP contribution in [0.15, 0.2) is 60.9 Å². The minimum absolute atomic E-state index is 0.299. The molecule has 0 amide bonds. The zero-order valence-corrected chi connectivity index (χ0v) is 20.1. The van der Waals surface area contributed by atoms with Crippen LogP contribution in [0.4, 0.5) is 11.6 Å². The van der Waals surface area contributed by atoms with Crippen molar-refractivity contribution in [1.82, 2.24) is 20.6 Å². The molecular formula is C27H35N7O. The highest BCUT2D eigenvalue weighted by Gasteiger charge is 2.20. The maximum absolute atomic E-state index is 8.72. The number of benzene rings is 2. The van der Waals surface area contributed by atoms with E-state index in [0.717, 1.165) is 50.3 Å². The van der Waals surface area contributed by atoms with Crippen molar-refractivity contribution in [3.8, 4) is 11.5 Å². The Morgan fingerprint density at radius 2 is 1.49 bits per heavy atom. The van der Waals surface area contributed by atoms with E-state index in [4.69, 9.17) is 15.9 Å². The molecule has 1 aliphatic carbocycles. The molecule has 0 bridgehead atoms. The lowest BCUT2D eigenvalue weighted by Crippen LogP contribution is -2.39. The molecule has 184 valence electrons. The molecule has 8 nitrogen and oxygen atoms in total. The van der Waals surface area contributed by atoms with Gasteiger partial charge in [-0.1, -0.05) is 37.5 Å². The maximum Gasteiger partial charge on any atom is 0.141 e. The van der Waals surface area contributed by atoms with E-state index in [9.17, 15) is 0 Å².